The fourth-order valence-electron chi connectivity index (χ4n) is 1.37. The second-order valence-corrected chi connectivity index (χ2v) is 5.11. The van der Waals surface area contributed by atoms with Gasteiger partial charge in [0, 0.05) is 10.2 Å². The van der Waals surface area contributed by atoms with E-state index in [0.717, 1.165) is 21.5 Å². The summed E-state index contributed by atoms with van der Waals surface area (Å²) in [5.41, 5.74) is 6.35. The topological polar surface area (TPSA) is 68.3 Å². The number of rotatable bonds is 2. The van der Waals surface area contributed by atoms with Crippen LogP contribution in [0.5, 0.6) is 11.5 Å². The van der Waals surface area contributed by atoms with Crippen molar-refractivity contribution in [3.8, 4) is 11.5 Å². The van der Waals surface area contributed by atoms with Gasteiger partial charge in [-0.2, -0.15) is 0 Å². The Kier molecular flexibility index (Phi) is 3.60. The summed E-state index contributed by atoms with van der Waals surface area (Å²) in [5.74, 6) is 2.16. The molecule has 0 aromatic heterocycles. The quantitative estimate of drug-likeness (QED) is 0.650. The van der Waals surface area contributed by atoms with Crippen LogP contribution in [0.2, 0.25) is 0 Å². The second-order valence-electron chi connectivity index (χ2n) is 3.24. The largest absolute Gasteiger partial charge is 0.486 e. The molecule has 0 aliphatic carbocycles. The highest BCUT2D eigenvalue weighted by atomic mass is 79.9. The second kappa shape index (κ2) is 4.97. The molecule has 4 nitrogen and oxygen atoms in total. The van der Waals surface area contributed by atoms with E-state index in [4.69, 9.17) is 20.6 Å². The molecule has 0 saturated carbocycles. The Hall–Kier alpha value is -0.880. The van der Waals surface area contributed by atoms with Crippen molar-refractivity contribution >= 4 is 32.9 Å². The first-order valence-corrected chi connectivity index (χ1v) is 6.49. The van der Waals surface area contributed by atoms with Crippen LogP contribution in [-0.4, -0.2) is 18.4 Å². The minimum absolute atomic E-state index is 0.113. The van der Waals surface area contributed by atoms with Crippen molar-refractivity contribution in [1.29, 1.82) is 5.41 Å². The van der Waals surface area contributed by atoms with Crippen molar-refractivity contribution in [2.24, 2.45) is 5.73 Å². The fourth-order valence-corrected chi connectivity index (χ4v) is 2.57. The van der Waals surface area contributed by atoms with Gasteiger partial charge in [0.1, 0.15) is 13.2 Å². The van der Waals surface area contributed by atoms with Gasteiger partial charge in [0.25, 0.3) is 0 Å². The molecule has 2 rings (SSSR count). The van der Waals surface area contributed by atoms with Gasteiger partial charge in [-0.15, -0.1) is 0 Å². The van der Waals surface area contributed by atoms with E-state index >= 15 is 0 Å². The first-order chi connectivity index (χ1) is 7.66. The Labute approximate surface area is 106 Å². The molecule has 1 aromatic rings. The number of nitrogens with two attached hydrogens (primary N) is 1. The molecule has 0 bridgehead atoms. The van der Waals surface area contributed by atoms with Crippen molar-refractivity contribution < 1.29 is 9.47 Å². The zero-order valence-corrected chi connectivity index (χ0v) is 10.9. The first kappa shape index (κ1) is 11.6. The molecule has 0 saturated heterocycles. The lowest BCUT2D eigenvalue weighted by molar-refractivity contribution is 0.171. The van der Waals surface area contributed by atoms with E-state index in [2.05, 4.69) is 15.9 Å². The molecule has 0 amide bonds. The third-order valence-corrected chi connectivity index (χ3v) is 3.60. The number of ether oxygens (including phenoxy) is 2. The van der Waals surface area contributed by atoms with Crippen molar-refractivity contribution in [3.63, 3.8) is 0 Å². The molecule has 1 aliphatic heterocycles. The molecule has 0 radical (unpaired) electrons. The highest BCUT2D eigenvalue weighted by Gasteiger charge is 2.14. The number of nitrogens with one attached hydrogen (secondary N) is 1. The van der Waals surface area contributed by atoms with E-state index in [0.29, 0.717) is 19.0 Å². The van der Waals surface area contributed by atoms with Gasteiger partial charge in [-0.1, -0.05) is 27.7 Å². The predicted molar refractivity (Wildman–Crippen MR) is 68.3 cm³/mol. The summed E-state index contributed by atoms with van der Waals surface area (Å²) in [6, 6.07) is 3.82. The van der Waals surface area contributed by atoms with Gasteiger partial charge >= 0.3 is 0 Å². The van der Waals surface area contributed by atoms with Crippen LogP contribution in [0.15, 0.2) is 16.6 Å². The van der Waals surface area contributed by atoms with Crippen LogP contribution in [-0.2, 0) is 5.75 Å². The predicted octanol–water partition coefficient (Wildman–Crippen LogP) is 2.35. The van der Waals surface area contributed by atoms with E-state index in [1.165, 1.54) is 11.8 Å². The third-order valence-electron chi connectivity index (χ3n) is 2.09. The maximum absolute atomic E-state index is 7.17. The summed E-state index contributed by atoms with van der Waals surface area (Å²) >= 11 is 4.75. The van der Waals surface area contributed by atoms with Crippen LogP contribution in [0, 0.1) is 5.41 Å². The number of thioether (sulfide) groups is 1. The van der Waals surface area contributed by atoms with Crippen LogP contribution < -0.4 is 15.2 Å². The minimum atomic E-state index is 0.113. The number of halogens is 1. The molecule has 0 fully saturated rings. The van der Waals surface area contributed by atoms with Crippen LogP contribution in [0.3, 0.4) is 0 Å². The molecule has 1 aliphatic rings. The SMILES string of the molecule is N=C(N)SCc1cc2c(cc1Br)OCCO2. The number of hydrogen-bond donors (Lipinski definition) is 2. The van der Waals surface area contributed by atoms with E-state index in [1.54, 1.807) is 0 Å². The third kappa shape index (κ3) is 2.62. The van der Waals surface area contributed by atoms with Gasteiger partial charge < -0.3 is 15.2 Å². The Morgan fingerprint density at radius 3 is 2.62 bits per heavy atom. The van der Waals surface area contributed by atoms with E-state index in [1.807, 2.05) is 12.1 Å². The molecule has 0 spiro atoms. The summed E-state index contributed by atoms with van der Waals surface area (Å²) in [5, 5.41) is 7.28. The minimum Gasteiger partial charge on any atom is -0.486 e. The lowest BCUT2D eigenvalue weighted by Crippen LogP contribution is -2.15. The summed E-state index contributed by atoms with van der Waals surface area (Å²) in [7, 11) is 0. The van der Waals surface area contributed by atoms with Crippen LogP contribution >= 0.6 is 27.7 Å². The lowest BCUT2D eigenvalue weighted by Gasteiger charge is -2.19. The summed E-state index contributed by atoms with van der Waals surface area (Å²) < 4.78 is 11.9. The van der Waals surface area contributed by atoms with Crippen molar-refractivity contribution in [1.82, 2.24) is 0 Å². The molecule has 0 unspecified atom stereocenters. The normalized spacial score (nSPS) is 13.6. The zero-order valence-electron chi connectivity index (χ0n) is 8.46. The molecular weight excluding hydrogens is 292 g/mol. The van der Waals surface area contributed by atoms with Gasteiger partial charge in [-0.3, -0.25) is 5.41 Å². The monoisotopic (exact) mass is 302 g/mol. The van der Waals surface area contributed by atoms with Crippen molar-refractivity contribution in [2.45, 2.75) is 5.75 Å². The first-order valence-electron chi connectivity index (χ1n) is 4.71. The smallest absolute Gasteiger partial charge is 0.162 e. The van der Waals surface area contributed by atoms with Gasteiger partial charge in [0.05, 0.1) is 0 Å². The summed E-state index contributed by atoms with van der Waals surface area (Å²) in [6.07, 6.45) is 0. The molecule has 6 heteroatoms. The fraction of sp³-hybridized carbons (Fsp3) is 0.300. The maximum atomic E-state index is 7.17. The lowest BCUT2D eigenvalue weighted by atomic mass is 10.2. The molecule has 1 aromatic carbocycles. The standard InChI is InChI=1S/C10H11BrN2O2S/c11-7-4-9-8(14-1-2-15-9)3-6(7)5-16-10(12)13/h3-4H,1-2,5H2,(H3,12,13). The Morgan fingerprint density at radius 1 is 1.38 bits per heavy atom. The van der Waals surface area contributed by atoms with Crippen LogP contribution in [0.25, 0.3) is 0 Å². The van der Waals surface area contributed by atoms with Gasteiger partial charge in [-0.05, 0) is 17.7 Å². The summed E-state index contributed by atoms with van der Waals surface area (Å²) in [4.78, 5) is 0. The van der Waals surface area contributed by atoms with Gasteiger partial charge in [0.15, 0.2) is 16.7 Å². The maximum Gasteiger partial charge on any atom is 0.162 e. The Morgan fingerprint density at radius 2 is 2.00 bits per heavy atom. The van der Waals surface area contributed by atoms with E-state index in [9.17, 15) is 0 Å². The molecule has 3 N–H and O–H groups in total. The van der Waals surface area contributed by atoms with Crippen LogP contribution in [0.1, 0.15) is 5.56 Å². The number of hydrogen-bond acceptors (Lipinski definition) is 4. The molecule has 0 atom stereocenters. The van der Waals surface area contributed by atoms with Gasteiger partial charge in [0.2, 0.25) is 0 Å². The van der Waals surface area contributed by atoms with Crippen molar-refractivity contribution in [3.05, 3.63) is 22.2 Å². The highest BCUT2D eigenvalue weighted by Crippen LogP contribution is 2.36. The zero-order chi connectivity index (χ0) is 11.5. The molecule has 16 heavy (non-hydrogen) atoms. The molecule has 1 heterocycles. The summed E-state index contributed by atoms with van der Waals surface area (Å²) in [6.45, 7) is 1.16. The average Bonchev–Trinajstić information content (AvgIpc) is 2.26. The highest BCUT2D eigenvalue weighted by molar-refractivity contribution is 9.10. The Balaban J connectivity index is 2.21. The molecular formula is C10H11BrN2O2S. The van der Waals surface area contributed by atoms with Crippen molar-refractivity contribution in [2.75, 3.05) is 13.2 Å². The average molecular weight is 303 g/mol. The number of benzene rings is 1. The Bertz CT molecular complexity index is 426. The van der Waals surface area contributed by atoms with Crippen LogP contribution in [0.4, 0.5) is 0 Å². The van der Waals surface area contributed by atoms with Gasteiger partial charge in [-0.25, -0.2) is 0 Å². The van der Waals surface area contributed by atoms with E-state index < -0.39 is 0 Å². The van der Waals surface area contributed by atoms with E-state index in [-0.39, 0.29) is 5.17 Å². The number of fused-ring (bicyclic) bond motifs is 1. The number of amidine groups is 1. The molecule has 86 valence electrons.